The minimum absolute atomic E-state index is 0.00296. The lowest BCUT2D eigenvalue weighted by Gasteiger charge is -2.18. The average molecular weight is 341 g/mol. The van der Waals surface area contributed by atoms with E-state index in [1.54, 1.807) is 0 Å². The van der Waals surface area contributed by atoms with Crippen LogP contribution in [-0.2, 0) is 0 Å². The summed E-state index contributed by atoms with van der Waals surface area (Å²) in [6.07, 6.45) is 0. The van der Waals surface area contributed by atoms with E-state index >= 15 is 0 Å². The predicted octanol–water partition coefficient (Wildman–Crippen LogP) is 5.07. The molecule has 0 aromatic heterocycles. The molecule has 4 heteroatoms. The molecule has 2 rings (SSSR count). The van der Waals surface area contributed by atoms with Gasteiger partial charge in [-0.25, -0.2) is 8.78 Å². The molecule has 106 valence electrons. The number of ether oxygens (including phenoxy) is 1. The average Bonchev–Trinajstić information content (AvgIpc) is 2.37. The second-order valence-corrected chi connectivity index (χ2v) is 5.59. The summed E-state index contributed by atoms with van der Waals surface area (Å²) in [5.41, 5.74) is 2.86. The van der Waals surface area contributed by atoms with Crippen LogP contribution < -0.4 is 4.74 Å². The Kier molecular flexibility index (Phi) is 4.43. The molecule has 2 aromatic carbocycles. The van der Waals surface area contributed by atoms with Gasteiger partial charge < -0.3 is 4.74 Å². The van der Waals surface area contributed by atoms with E-state index in [0.717, 1.165) is 16.7 Å². The van der Waals surface area contributed by atoms with Gasteiger partial charge >= 0.3 is 0 Å². The molecule has 0 aliphatic heterocycles. The molecule has 0 aliphatic rings. The highest BCUT2D eigenvalue weighted by Crippen LogP contribution is 2.38. The third-order valence-electron chi connectivity index (χ3n) is 3.34. The van der Waals surface area contributed by atoms with E-state index in [1.807, 2.05) is 32.0 Å². The highest BCUT2D eigenvalue weighted by atomic mass is 79.9. The van der Waals surface area contributed by atoms with Gasteiger partial charge in [0.2, 0.25) is 0 Å². The molecule has 20 heavy (non-hydrogen) atoms. The van der Waals surface area contributed by atoms with Crippen molar-refractivity contribution in [1.82, 2.24) is 0 Å². The molecule has 0 saturated carbocycles. The van der Waals surface area contributed by atoms with Crippen LogP contribution in [0.5, 0.6) is 5.75 Å². The summed E-state index contributed by atoms with van der Waals surface area (Å²) in [5.74, 6) is -1.07. The van der Waals surface area contributed by atoms with Gasteiger partial charge in [-0.15, -0.1) is 0 Å². The quantitative estimate of drug-likeness (QED) is 0.708. The molecule has 1 unspecified atom stereocenters. The topological polar surface area (TPSA) is 9.23 Å². The maximum atomic E-state index is 14.1. The summed E-state index contributed by atoms with van der Waals surface area (Å²) in [7, 11) is 1.38. The Balaban J connectivity index is 2.57. The lowest BCUT2D eigenvalue weighted by atomic mass is 9.95. The monoisotopic (exact) mass is 340 g/mol. The maximum absolute atomic E-state index is 14.1. The number of alkyl halides is 1. The van der Waals surface area contributed by atoms with Gasteiger partial charge in [0.25, 0.3) is 0 Å². The van der Waals surface area contributed by atoms with Gasteiger partial charge in [-0.3, -0.25) is 0 Å². The first-order valence-electron chi connectivity index (χ1n) is 6.18. The molecule has 1 nitrogen and oxygen atoms in total. The van der Waals surface area contributed by atoms with Crippen molar-refractivity contribution < 1.29 is 13.5 Å². The molecule has 2 aromatic rings. The second kappa shape index (κ2) is 5.92. The van der Waals surface area contributed by atoms with E-state index in [2.05, 4.69) is 15.9 Å². The lowest BCUT2D eigenvalue weighted by molar-refractivity contribution is 0.405. The summed E-state index contributed by atoms with van der Waals surface area (Å²) < 4.78 is 33.2. The normalized spacial score (nSPS) is 12.3. The highest BCUT2D eigenvalue weighted by Gasteiger charge is 2.23. The molecule has 0 aliphatic carbocycles. The fraction of sp³-hybridized carbons (Fsp3) is 0.250. The Morgan fingerprint density at radius 1 is 1.00 bits per heavy atom. The van der Waals surface area contributed by atoms with Crippen LogP contribution in [0.4, 0.5) is 8.78 Å². The van der Waals surface area contributed by atoms with Crippen molar-refractivity contribution in [3.8, 4) is 5.75 Å². The zero-order valence-electron chi connectivity index (χ0n) is 11.5. The Bertz CT molecular complexity index is 597. The van der Waals surface area contributed by atoms with E-state index < -0.39 is 16.5 Å². The van der Waals surface area contributed by atoms with Crippen LogP contribution in [0.1, 0.15) is 27.1 Å². The SMILES string of the molecule is COc1cc(F)c(C(Br)c2c(C)cccc2C)c(F)c1. The van der Waals surface area contributed by atoms with Crippen LogP contribution >= 0.6 is 15.9 Å². The van der Waals surface area contributed by atoms with Crippen molar-refractivity contribution in [3.63, 3.8) is 0 Å². The van der Waals surface area contributed by atoms with Crippen molar-refractivity contribution in [2.75, 3.05) is 7.11 Å². The molecule has 1 atom stereocenters. The minimum Gasteiger partial charge on any atom is -0.497 e. The van der Waals surface area contributed by atoms with Gasteiger partial charge in [-0.05, 0) is 30.5 Å². The van der Waals surface area contributed by atoms with E-state index in [9.17, 15) is 8.78 Å². The van der Waals surface area contributed by atoms with Crippen LogP contribution in [0.2, 0.25) is 0 Å². The number of methoxy groups -OCH3 is 1. The smallest absolute Gasteiger partial charge is 0.134 e. The van der Waals surface area contributed by atoms with Crippen molar-refractivity contribution >= 4 is 15.9 Å². The van der Waals surface area contributed by atoms with Gasteiger partial charge in [0.05, 0.1) is 11.9 Å². The summed E-state index contributed by atoms with van der Waals surface area (Å²) >= 11 is 3.42. The summed E-state index contributed by atoms with van der Waals surface area (Å²) in [6.45, 7) is 3.85. The van der Waals surface area contributed by atoms with Crippen LogP contribution in [-0.4, -0.2) is 7.11 Å². The fourth-order valence-electron chi connectivity index (χ4n) is 2.29. The Morgan fingerprint density at radius 3 is 1.95 bits per heavy atom. The van der Waals surface area contributed by atoms with Crippen LogP contribution in [0, 0.1) is 25.5 Å². The summed E-state index contributed by atoms with van der Waals surface area (Å²) in [5, 5.41) is 0. The summed E-state index contributed by atoms with van der Waals surface area (Å²) in [4.78, 5) is -0.533. The fourth-order valence-corrected chi connectivity index (χ4v) is 3.45. The number of halogens is 3. The Hall–Kier alpha value is -1.42. The lowest BCUT2D eigenvalue weighted by Crippen LogP contribution is -2.05. The zero-order valence-corrected chi connectivity index (χ0v) is 13.1. The van der Waals surface area contributed by atoms with Gasteiger partial charge in [-0.2, -0.15) is 0 Å². The van der Waals surface area contributed by atoms with Crippen molar-refractivity contribution in [2.45, 2.75) is 18.7 Å². The number of rotatable bonds is 3. The standard InChI is InChI=1S/C16H15BrF2O/c1-9-5-4-6-10(2)14(9)16(17)15-12(18)7-11(20-3)8-13(15)19/h4-8,16H,1-3H3. The van der Waals surface area contributed by atoms with Gasteiger partial charge in [0.1, 0.15) is 17.4 Å². The Morgan fingerprint density at radius 2 is 1.50 bits per heavy atom. The third kappa shape index (κ3) is 2.70. The van der Waals surface area contributed by atoms with Crippen LogP contribution in [0.3, 0.4) is 0 Å². The van der Waals surface area contributed by atoms with Gasteiger partial charge in [0.15, 0.2) is 0 Å². The molecule has 0 saturated heterocycles. The molecule has 0 spiro atoms. The molecule has 0 heterocycles. The van der Waals surface area contributed by atoms with Crippen LogP contribution in [0.15, 0.2) is 30.3 Å². The highest BCUT2D eigenvalue weighted by molar-refractivity contribution is 9.09. The zero-order chi connectivity index (χ0) is 14.9. The minimum atomic E-state index is -0.619. The number of hydrogen-bond donors (Lipinski definition) is 0. The van der Waals surface area contributed by atoms with E-state index in [4.69, 9.17) is 4.74 Å². The molecule has 0 amide bonds. The predicted molar refractivity (Wildman–Crippen MR) is 79.6 cm³/mol. The first-order valence-corrected chi connectivity index (χ1v) is 7.10. The van der Waals surface area contributed by atoms with Crippen molar-refractivity contribution in [3.05, 3.63) is 64.2 Å². The molecule has 0 fully saturated rings. The summed E-state index contributed by atoms with van der Waals surface area (Å²) in [6, 6.07) is 8.17. The van der Waals surface area contributed by atoms with E-state index in [-0.39, 0.29) is 11.3 Å². The van der Waals surface area contributed by atoms with E-state index in [1.165, 1.54) is 19.2 Å². The molecular formula is C16H15BrF2O. The second-order valence-electron chi connectivity index (χ2n) is 4.67. The van der Waals surface area contributed by atoms with Crippen LogP contribution in [0.25, 0.3) is 0 Å². The number of benzene rings is 2. The molecule has 0 N–H and O–H groups in total. The van der Waals surface area contributed by atoms with Gasteiger partial charge in [-0.1, -0.05) is 34.1 Å². The maximum Gasteiger partial charge on any atom is 0.134 e. The molecule has 0 bridgehead atoms. The third-order valence-corrected chi connectivity index (χ3v) is 4.25. The Labute approximate surface area is 125 Å². The largest absolute Gasteiger partial charge is 0.497 e. The first kappa shape index (κ1) is 15.0. The number of aryl methyl sites for hydroxylation is 2. The van der Waals surface area contributed by atoms with Crippen molar-refractivity contribution in [2.24, 2.45) is 0 Å². The van der Waals surface area contributed by atoms with Crippen molar-refractivity contribution in [1.29, 1.82) is 0 Å². The molecular weight excluding hydrogens is 326 g/mol. The number of hydrogen-bond acceptors (Lipinski definition) is 1. The van der Waals surface area contributed by atoms with Gasteiger partial charge in [0, 0.05) is 17.7 Å². The first-order chi connectivity index (χ1) is 9.45. The molecule has 0 radical (unpaired) electrons. The van der Waals surface area contributed by atoms with E-state index in [0.29, 0.717) is 0 Å².